The van der Waals surface area contributed by atoms with Gasteiger partial charge in [0.15, 0.2) is 0 Å². The summed E-state index contributed by atoms with van der Waals surface area (Å²) in [5.74, 6) is 0.427. The van der Waals surface area contributed by atoms with Crippen LogP contribution in [-0.2, 0) is 0 Å². The second-order valence-corrected chi connectivity index (χ2v) is 8.15. The van der Waals surface area contributed by atoms with Gasteiger partial charge < -0.3 is 4.90 Å². The molecule has 0 N–H and O–H groups in total. The van der Waals surface area contributed by atoms with Gasteiger partial charge in [-0.2, -0.15) is 11.3 Å². The van der Waals surface area contributed by atoms with Crippen LogP contribution in [0.2, 0.25) is 5.02 Å². The fourth-order valence-electron chi connectivity index (χ4n) is 3.48. The molecule has 0 aliphatic carbocycles. The Labute approximate surface area is 172 Å². The first-order chi connectivity index (χ1) is 13.5. The van der Waals surface area contributed by atoms with E-state index in [2.05, 4.69) is 16.4 Å². The lowest BCUT2D eigenvalue weighted by Gasteiger charge is -2.31. The van der Waals surface area contributed by atoms with Crippen LogP contribution in [-0.4, -0.2) is 33.9 Å². The lowest BCUT2D eigenvalue weighted by Crippen LogP contribution is -2.38. The molecule has 7 heteroatoms. The third kappa shape index (κ3) is 3.93. The maximum absolute atomic E-state index is 13.3. The Kier molecular flexibility index (Phi) is 5.42. The highest BCUT2D eigenvalue weighted by Crippen LogP contribution is 2.29. The Hall–Kier alpha value is -2.31. The molecule has 28 heavy (non-hydrogen) atoms. The van der Waals surface area contributed by atoms with E-state index >= 15 is 0 Å². The Morgan fingerprint density at radius 1 is 1.21 bits per heavy atom. The number of aryl methyl sites for hydroxylation is 1. The minimum atomic E-state index is -0.519. The smallest absolute Gasteiger partial charge is 0.253 e. The zero-order valence-corrected chi connectivity index (χ0v) is 16.9. The summed E-state index contributed by atoms with van der Waals surface area (Å²) in [6.45, 7) is 3.21. The normalized spacial score (nSPS) is 15.0. The minimum Gasteiger partial charge on any atom is -0.339 e. The largest absolute Gasteiger partial charge is 0.339 e. The molecule has 0 saturated carbocycles. The molecule has 3 aromatic rings. The number of hydrogen-bond donors (Lipinski definition) is 0. The summed E-state index contributed by atoms with van der Waals surface area (Å²) in [5.41, 5.74) is 3.42. The molecular weight excluding hydrogens is 397 g/mol. The van der Waals surface area contributed by atoms with E-state index in [4.69, 9.17) is 16.6 Å². The van der Waals surface area contributed by atoms with E-state index < -0.39 is 5.82 Å². The summed E-state index contributed by atoms with van der Waals surface area (Å²) in [6, 6.07) is 8.16. The van der Waals surface area contributed by atoms with Crippen molar-refractivity contribution in [3.63, 3.8) is 0 Å². The van der Waals surface area contributed by atoms with Crippen LogP contribution in [0, 0.1) is 12.7 Å². The second-order valence-electron chi connectivity index (χ2n) is 6.96. The number of likely N-dealkylation sites (tertiary alicyclic amines) is 1. The van der Waals surface area contributed by atoms with Crippen molar-refractivity contribution in [2.75, 3.05) is 13.1 Å². The summed E-state index contributed by atoms with van der Waals surface area (Å²) in [7, 11) is 0. The van der Waals surface area contributed by atoms with E-state index in [-0.39, 0.29) is 16.8 Å². The number of amides is 1. The topological polar surface area (TPSA) is 46.1 Å². The average molecular weight is 416 g/mol. The van der Waals surface area contributed by atoms with Crippen molar-refractivity contribution in [2.45, 2.75) is 25.7 Å². The number of piperidine rings is 1. The van der Waals surface area contributed by atoms with E-state index in [0.29, 0.717) is 18.7 Å². The van der Waals surface area contributed by atoms with Crippen LogP contribution in [0.3, 0.4) is 0 Å². The van der Waals surface area contributed by atoms with Gasteiger partial charge in [0, 0.05) is 41.2 Å². The van der Waals surface area contributed by atoms with Gasteiger partial charge >= 0.3 is 0 Å². The predicted molar refractivity (Wildman–Crippen MR) is 109 cm³/mol. The van der Waals surface area contributed by atoms with Gasteiger partial charge in [-0.05, 0) is 55.5 Å². The van der Waals surface area contributed by atoms with E-state index in [1.54, 1.807) is 16.2 Å². The molecule has 1 amide bonds. The molecule has 2 aromatic heterocycles. The number of carbonyl (C=O) groups excluding carboxylic acids is 1. The Balaban J connectivity index is 1.47. The summed E-state index contributed by atoms with van der Waals surface area (Å²) in [6.07, 6.45) is 1.60. The van der Waals surface area contributed by atoms with Crippen molar-refractivity contribution in [2.24, 2.45) is 0 Å². The molecule has 1 fully saturated rings. The number of carbonyl (C=O) groups is 1. The molecule has 4 nitrogen and oxygen atoms in total. The standard InChI is InChI=1S/C21H19ClFN3OS/c1-13-10-19(16-6-9-28-12-16)25-20(24-13)14-4-7-26(8-5-14)21(27)15-2-3-18(23)17(22)11-15/h2-3,6,9-12,14H,4-5,7-8H2,1H3. The molecule has 1 saturated heterocycles. The molecule has 0 bridgehead atoms. The minimum absolute atomic E-state index is 0.0325. The lowest BCUT2D eigenvalue weighted by atomic mass is 9.95. The van der Waals surface area contributed by atoms with Crippen LogP contribution >= 0.6 is 22.9 Å². The highest BCUT2D eigenvalue weighted by molar-refractivity contribution is 7.08. The van der Waals surface area contributed by atoms with Crippen molar-refractivity contribution >= 4 is 28.8 Å². The Bertz CT molecular complexity index is 1000. The monoisotopic (exact) mass is 415 g/mol. The molecule has 0 radical (unpaired) electrons. The molecule has 4 rings (SSSR count). The van der Waals surface area contributed by atoms with Crippen LogP contribution in [0.4, 0.5) is 4.39 Å². The molecule has 3 heterocycles. The SMILES string of the molecule is Cc1cc(-c2ccsc2)nc(C2CCN(C(=O)c3ccc(F)c(Cl)c3)CC2)n1. The van der Waals surface area contributed by atoms with Gasteiger partial charge in [0.05, 0.1) is 10.7 Å². The third-order valence-corrected chi connectivity index (χ3v) is 5.98. The second kappa shape index (κ2) is 7.97. The van der Waals surface area contributed by atoms with Crippen molar-refractivity contribution in [3.05, 3.63) is 69.0 Å². The number of benzene rings is 1. The number of aromatic nitrogens is 2. The van der Waals surface area contributed by atoms with Crippen LogP contribution in [0.5, 0.6) is 0 Å². The number of thiophene rings is 1. The fraction of sp³-hybridized carbons (Fsp3) is 0.286. The van der Waals surface area contributed by atoms with Crippen LogP contribution in [0.1, 0.15) is 40.6 Å². The van der Waals surface area contributed by atoms with Crippen LogP contribution in [0.25, 0.3) is 11.3 Å². The number of nitrogens with zero attached hydrogens (tertiary/aromatic N) is 3. The zero-order valence-electron chi connectivity index (χ0n) is 15.4. The maximum Gasteiger partial charge on any atom is 0.253 e. The van der Waals surface area contributed by atoms with Crippen molar-refractivity contribution in [1.29, 1.82) is 0 Å². The van der Waals surface area contributed by atoms with Gasteiger partial charge in [-0.3, -0.25) is 4.79 Å². The van der Waals surface area contributed by atoms with Gasteiger partial charge in [0.25, 0.3) is 5.91 Å². The molecule has 0 unspecified atom stereocenters. The molecule has 144 valence electrons. The molecule has 0 spiro atoms. The van der Waals surface area contributed by atoms with Gasteiger partial charge in [-0.15, -0.1) is 0 Å². The van der Waals surface area contributed by atoms with Crippen LogP contribution < -0.4 is 0 Å². The number of hydrogen-bond acceptors (Lipinski definition) is 4. The Morgan fingerprint density at radius 2 is 2.00 bits per heavy atom. The number of halogens is 2. The van der Waals surface area contributed by atoms with E-state index in [0.717, 1.165) is 35.6 Å². The molecular formula is C21H19ClFN3OS. The zero-order chi connectivity index (χ0) is 19.7. The first-order valence-electron chi connectivity index (χ1n) is 9.14. The van der Waals surface area contributed by atoms with Gasteiger partial charge in [-0.25, -0.2) is 14.4 Å². The van der Waals surface area contributed by atoms with Gasteiger partial charge in [0.1, 0.15) is 11.6 Å². The average Bonchev–Trinajstić information content (AvgIpc) is 3.24. The van der Waals surface area contributed by atoms with E-state index in [1.165, 1.54) is 18.2 Å². The van der Waals surface area contributed by atoms with Crippen molar-refractivity contribution in [1.82, 2.24) is 14.9 Å². The summed E-state index contributed by atoms with van der Waals surface area (Å²) >= 11 is 7.46. The Morgan fingerprint density at radius 3 is 2.68 bits per heavy atom. The molecule has 1 aliphatic heterocycles. The summed E-state index contributed by atoms with van der Waals surface area (Å²) < 4.78 is 13.3. The predicted octanol–water partition coefficient (Wildman–Crippen LogP) is 5.33. The lowest BCUT2D eigenvalue weighted by molar-refractivity contribution is 0.0711. The van der Waals surface area contributed by atoms with Crippen molar-refractivity contribution < 1.29 is 9.18 Å². The maximum atomic E-state index is 13.3. The first kappa shape index (κ1) is 19.0. The summed E-state index contributed by atoms with van der Waals surface area (Å²) in [4.78, 5) is 23.9. The third-order valence-electron chi connectivity index (χ3n) is 5.00. The quantitative estimate of drug-likeness (QED) is 0.581. The first-order valence-corrected chi connectivity index (χ1v) is 10.5. The van der Waals surface area contributed by atoms with Crippen LogP contribution in [0.15, 0.2) is 41.1 Å². The molecule has 0 atom stereocenters. The van der Waals surface area contributed by atoms with Gasteiger partial charge in [-0.1, -0.05) is 11.6 Å². The number of rotatable bonds is 3. The molecule has 1 aromatic carbocycles. The van der Waals surface area contributed by atoms with E-state index in [9.17, 15) is 9.18 Å². The fourth-order valence-corrected chi connectivity index (χ4v) is 4.31. The van der Waals surface area contributed by atoms with Crippen molar-refractivity contribution in [3.8, 4) is 11.3 Å². The molecule has 1 aliphatic rings. The van der Waals surface area contributed by atoms with Gasteiger partial charge in [0.2, 0.25) is 0 Å². The van der Waals surface area contributed by atoms with E-state index in [1.807, 2.05) is 18.4 Å². The summed E-state index contributed by atoms with van der Waals surface area (Å²) in [5, 5.41) is 4.09. The highest BCUT2D eigenvalue weighted by atomic mass is 35.5. The highest BCUT2D eigenvalue weighted by Gasteiger charge is 2.27.